The van der Waals surface area contributed by atoms with Gasteiger partial charge in [0.15, 0.2) is 0 Å². The van der Waals surface area contributed by atoms with Gasteiger partial charge in [0, 0.05) is 0 Å². The maximum Gasteiger partial charge on any atom is 0.323 e. The van der Waals surface area contributed by atoms with Gasteiger partial charge in [0.25, 0.3) is 0 Å². The molecule has 2 N–H and O–H groups in total. The standard InChI is InChI=1S/C26H45NO2/c1-3-5-7-9-11-16-20-24(21-17-12-10-8-6-4-2)29-26(28)25(27)22-23-18-14-13-15-19-23/h13-15,18-19,24-25H,3-12,16-17,20-22,27H2,1-2H3. The average Bonchev–Trinajstić information content (AvgIpc) is 2.73. The summed E-state index contributed by atoms with van der Waals surface area (Å²) < 4.78 is 5.88. The smallest absolute Gasteiger partial charge is 0.323 e. The number of carbonyl (C=O) groups is 1. The maximum absolute atomic E-state index is 12.6. The van der Waals surface area contributed by atoms with E-state index in [1.165, 1.54) is 64.2 Å². The third-order valence-corrected chi connectivity index (χ3v) is 5.64. The molecule has 1 unspecified atom stereocenters. The van der Waals surface area contributed by atoms with Crippen LogP contribution < -0.4 is 5.73 Å². The molecule has 29 heavy (non-hydrogen) atoms. The molecule has 0 aliphatic heterocycles. The Bertz CT molecular complexity index is 487. The van der Waals surface area contributed by atoms with Crippen molar-refractivity contribution in [2.75, 3.05) is 0 Å². The van der Waals surface area contributed by atoms with Crippen molar-refractivity contribution in [2.24, 2.45) is 5.73 Å². The van der Waals surface area contributed by atoms with Crippen LogP contribution in [0.3, 0.4) is 0 Å². The van der Waals surface area contributed by atoms with Crippen molar-refractivity contribution in [3.63, 3.8) is 0 Å². The molecular weight excluding hydrogens is 358 g/mol. The molecule has 0 aliphatic rings. The van der Waals surface area contributed by atoms with E-state index >= 15 is 0 Å². The Hall–Kier alpha value is -1.35. The van der Waals surface area contributed by atoms with Crippen LogP contribution in [-0.4, -0.2) is 18.1 Å². The lowest BCUT2D eigenvalue weighted by atomic mass is 10.0. The first-order valence-electron chi connectivity index (χ1n) is 12.2. The molecule has 0 amide bonds. The summed E-state index contributed by atoms with van der Waals surface area (Å²) in [6, 6.07) is 9.38. The average molecular weight is 404 g/mol. The third-order valence-electron chi connectivity index (χ3n) is 5.64. The van der Waals surface area contributed by atoms with Crippen molar-refractivity contribution in [3.05, 3.63) is 35.9 Å². The molecule has 166 valence electrons. The number of esters is 1. The number of carbonyl (C=O) groups excluding carboxylic acids is 1. The van der Waals surface area contributed by atoms with Crippen molar-refractivity contribution >= 4 is 5.97 Å². The minimum absolute atomic E-state index is 0.0293. The summed E-state index contributed by atoms with van der Waals surface area (Å²) in [6.07, 6.45) is 17.7. The Labute approximate surface area is 179 Å². The number of unbranched alkanes of at least 4 members (excludes halogenated alkanes) is 10. The van der Waals surface area contributed by atoms with E-state index in [0.29, 0.717) is 6.42 Å². The number of ether oxygens (including phenoxy) is 1. The molecule has 1 rings (SSSR count). The quantitative estimate of drug-likeness (QED) is 0.213. The minimum atomic E-state index is -0.575. The molecule has 1 aromatic rings. The lowest BCUT2D eigenvalue weighted by Crippen LogP contribution is -2.36. The van der Waals surface area contributed by atoms with Gasteiger partial charge in [-0.1, -0.05) is 108 Å². The highest BCUT2D eigenvalue weighted by atomic mass is 16.5. The fourth-order valence-electron chi connectivity index (χ4n) is 3.77. The van der Waals surface area contributed by atoms with Crippen LogP contribution in [0.4, 0.5) is 0 Å². The van der Waals surface area contributed by atoms with Crippen LogP contribution in [0.25, 0.3) is 0 Å². The first-order chi connectivity index (χ1) is 14.2. The summed E-state index contributed by atoms with van der Waals surface area (Å²) in [5, 5.41) is 0. The van der Waals surface area contributed by atoms with Crippen LogP contribution >= 0.6 is 0 Å². The summed E-state index contributed by atoms with van der Waals surface area (Å²) in [6.45, 7) is 4.49. The van der Waals surface area contributed by atoms with Gasteiger partial charge < -0.3 is 10.5 Å². The third kappa shape index (κ3) is 13.5. The van der Waals surface area contributed by atoms with E-state index in [2.05, 4.69) is 13.8 Å². The predicted molar refractivity (Wildman–Crippen MR) is 124 cm³/mol. The Kier molecular flexibility index (Phi) is 15.5. The molecule has 0 aromatic heterocycles. The molecule has 3 nitrogen and oxygen atoms in total. The highest BCUT2D eigenvalue weighted by molar-refractivity contribution is 5.76. The van der Waals surface area contributed by atoms with Gasteiger partial charge in [0.1, 0.15) is 12.1 Å². The Balaban J connectivity index is 2.39. The summed E-state index contributed by atoms with van der Waals surface area (Å²) in [4.78, 5) is 12.6. The van der Waals surface area contributed by atoms with Gasteiger partial charge in [0.2, 0.25) is 0 Å². The van der Waals surface area contributed by atoms with Crippen molar-refractivity contribution < 1.29 is 9.53 Å². The zero-order valence-corrected chi connectivity index (χ0v) is 19.0. The van der Waals surface area contributed by atoms with E-state index in [-0.39, 0.29) is 12.1 Å². The van der Waals surface area contributed by atoms with E-state index in [1.807, 2.05) is 30.3 Å². The second-order valence-corrected chi connectivity index (χ2v) is 8.47. The second-order valence-electron chi connectivity index (χ2n) is 8.47. The summed E-state index contributed by atoms with van der Waals surface area (Å²) in [5.41, 5.74) is 7.23. The van der Waals surface area contributed by atoms with Gasteiger partial charge in [0.05, 0.1) is 0 Å². The van der Waals surface area contributed by atoms with Gasteiger partial charge in [-0.2, -0.15) is 0 Å². The normalized spacial score (nSPS) is 12.3. The molecule has 3 heteroatoms. The highest BCUT2D eigenvalue weighted by Crippen LogP contribution is 2.17. The SMILES string of the molecule is CCCCCCCCC(CCCCCCCC)OC(=O)C(N)Cc1ccccc1. The van der Waals surface area contributed by atoms with Crippen LogP contribution in [0.15, 0.2) is 30.3 Å². The van der Waals surface area contributed by atoms with Gasteiger partial charge in [-0.05, 0) is 37.7 Å². The Morgan fingerprint density at radius 1 is 0.793 bits per heavy atom. The maximum atomic E-state index is 12.6. The van der Waals surface area contributed by atoms with Crippen LogP contribution in [0.2, 0.25) is 0 Å². The summed E-state index contributed by atoms with van der Waals surface area (Å²) in [5.74, 6) is -0.240. The molecule has 1 aromatic carbocycles. The number of nitrogens with two attached hydrogens (primary N) is 1. The predicted octanol–water partition coefficient (Wildman–Crippen LogP) is 6.97. The van der Waals surface area contributed by atoms with E-state index < -0.39 is 6.04 Å². The van der Waals surface area contributed by atoms with Crippen molar-refractivity contribution in [1.82, 2.24) is 0 Å². The minimum Gasteiger partial charge on any atom is -0.461 e. The van der Waals surface area contributed by atoms with Gasteiger partial charge in [-0.15, -0.1) is 0 Å². The van der Waals surface area contributed by atoms with E-state index in [1.54, 1.807) is 0 Å². The first kappa shape index (κ1) is 25.7. The number of benzene rings is 1. The molecule has 0 saturated heterocycles. The molecule has 0 spiro atoms. The zero-order chi connectivity index (χ0) is 21.2. The molecule has 0 aliphatic carbocycles. The molecule has 0 heterocycles. The van der Waals surface area contributed by atoms with Gasteiger partial charge in [-0.3, -0.25) is 4.79 Å². The molecule has 0 fully saturated rings. The lowest BCUT2D eigenvalue weighted by molar-refractivity contribution is -0.151. The molecule has 0 saturated carbocycles. The van der Waals surface area contributed by atoms with Gasteiger partial charge in [-0.25, -0.2) is 0 Å². The van der Waals surface area contributed by atoms with Crippen molar-refractivity contribution in [2.45, 2.75) is 122 Å². The molecule has 1 atom stereocenters. The number of hydrogen-bond donors (Lipinski definition) is 1. The highest BCUT2D eigenvalue weighted by Gasteiger charge is 2.20. The first-order valence-corrected chi connectivity index (χ1v) is 12.2. The fraction of sp³-hybridized carbons (Fsp3) is 0.731. The Morgan fingerprint density at radius 2 is 1.28 bits per heavy atom. The summed E-state index contributed by atoms with van der Waals surface area (Å²) >= 11 is 0. The van der Waals surface area contributed by atoms with Crippen LogP contribution in [0, 0.1) is 0 Å². The van der Waals surface area contributed by atoms with Crippen LogP contribution in [0.1, 0.15) is 109 Å². The van der Waals surface area contributed by atoms with Crippen LogP contribution in [-0.2, 0) is 16.0 Å². The van der Waals surface area contributed by atoms with E-state index in [9.17, 15) is 4.79 Å². The van der Waals surface area contributed by atoms with Crippen molar-refractivity contribution in [3.8, 4) is 0 Å². The van der Waals surface area contributed by atoms with E-state index in [4.69, 9.17) is 10.5 Å². The molecular formula is C26H45NO2. The van der Waals surface area contributed by atoms with E-state index in [0.717, 1.165) is 31.2 Å². The molecule has 0 bridgehead atoms. The largest absolute Gasteiger partial charge is 0.461 e. The van der Waals surface area contributed by atoms with Crippen molar-refractivity contribution in [1.29, 1.82) is 0 Å². The van der Waals surface area contributed by atoms with Crippen LogP contribution in [0.5, 0.6) is 0 Å². The number of hydrogen-bond acceptors (Lipinski definition) is 3. The zero-order valence-electron chi connectivity index (χ0n) is 19.0. The molecule has 0 radical (unpaired) electrons. The second kappa shape index (κ2) is 17.5. The monoisotopic (exact) mass is 403 g/mol. The fourth-order valence-corrected chi connectivity index (χ4v) is 3.77. The topological polar surface area (TPSA) is 52.3 Å². The lowest BCUT2D eigenvalue weighted by Gasteiger charge is -2.20. The Morgan fingerprint density at radius 3 is 1.79 bits per heavy atom. The summed E-state index contributed by atoms with van der Waals surface area (Å²) in [7, 11) is 0. The van der Waals surface area contributed by atoms with Gasteiger partial charge >= 0.3 is 5.97 Å². The number of rotatable bonds is 18.